The first-order chi connectivity index (χ1) is 15.0. The number of nitrogens with one attached hydrogen (secondary N) is 1. The van der Waals surface area contributed by atoms with Gasteiger partial charge in [0.05, 0.1) is 4.88 Å². The van der Waals surface area contributed by atoms with Crippen LogP contribution in [0.4, 0.5) is 14.5 Å². The Balaban J connectivity index is 1.80. The minimum absolute atomic E-state index is 0.0293. The van der Waals surface area contributed by atoms with Crippen LogP contribution in [0.15, 0.2) is 66.0 Å². The Hall–Kier alpha value is -3.06. The molecule has 31 heavy (non-hydrogen) atoms. The molecule has 2 amide bonds. The first-order valence-corrected chi connectivity index (χ1v) is 11.1. The number of nitrogens with zero attached hydrogens (tertiary/aromatic N) is 1. The van der Waals surface area contributed by atoms with E-state index < -0.39 is 23.6 Å². The number of rotatable bonds is 6. The van der Waals surface area contributed by atoms with Crippen molar-refractivity contribution in [3.8, 4) is 0 Å². The number of benzene rings is 2. The van der Waals surface area contributed by atoms with Gasteiger partial charge in [-0.15, -0.1) is 11.3 Å². The number of carbonyl (C=O) groups is 2. The van der Waals surface area contributed by atoms with Gasteiger partial charge in [0.15, 0.2) is 0 Å². The predicted octanol–water partition coefficient (Wildman–Crippen LogP) is 5.47. The topological polar surface area (TPSA) is 49.4 Å². The summed E-state index contributed by atoms with van der Waals surface area (Å²) in [6.07, 6.45) is 3.82. The van der Waals surface area contributed by atoms with Crippen LogP contribution in [0, 0.1) is 11.6 Å². The molecule has 7 heteroatoms. The van der Waals surface area contributed by atoms with Crippen molar-refractivity contribution in [2.45, 2.75) is 37.8 Å². The summed E-state index contributed by atoms with van der Waals surface area (Å²) in [4.78, 5) is 28.7. The molecule has 1 aliphatic carbocycles. The quantitative estimate of drug-likeness (QED) is 0.552. The molecule has 4 nitrogen and oxygen atoms in total. The molecule has 0 bridgehead atoms. The third-order valence-electron chi connectivity index (χ3n) is 5.43. The van der Waals surface area contributed by atoms with E-state index >= 15 is 0 Å². The number of hydrogen-bond donors (Lipinski definition) is 1. The number of thiophene rings is 1. The normalized spacial score (nSPS) is 14.9. The standard InChI is InChI=1S/C24H22F2N2O2S/c25-17-12-10-16(11-13-17)22(23(29)27-19-6-1-2-7-19)28(20-8-3-5-18(26)15-20)24(30)21-9-4-14-31-21/h3-5,8-15,19,22H,1-2,6-7H2,(H,27,29). The van der Waals surface area contributed by atoms with Gasteiger partial charge in [-0.2, -0.15) is 0 Å². The molecule has 1 unspecified atom stereocenters. The molecule has 160 valence electrons. The number of amides is 2. The zero-order valence-electron chi connectivity index (χ0n) is 16.8. The van der Waals surface area contributed by atoms with Gasteiger partial charge in [-0.05, 0) is 60.2 Å². The van der Waals surface area contributed by atoms with E-state index in [0.717, 1.165) is 25.7 Å². The van der Waals surface area contributed by atoms with Gasteiger partial charge >= 0.3 is 0 Å². The van der Waals surface area contributed by atoms with Crippen molar-refractivity contribution >= 4 is 28.8 Å². The predicted molar refractivity (Wildman–Crippen MR) is 117 cm³/mol. The lowest BCUT2D eigenvalue weighted by Gasteiger charge is -2.32. The molecule has 1 aromatic heterocycles. The summed E-state index contributed by atoms with van der Waals surface area (Å²) in [6, 6.07) is 13.4. The number of hydrogen-bond acceptors (Lipinski definition) is 3. The Morgan fingerprint density at radius 2 is 1.71 bits per heavy atom. The monoisotopic (exact) mass is 440 g/mol. The van der Waals surface area contributed by atoms with Gasteiger partial charge in [0.25, 0.3) is 5.91 Å². The molecule has 0 spiro atoms. The van der Waals surface area contributed by atoms with E-state index in [2.05, 4.69) is 5.32 Å². The Bertz CT molecular complexity index is 1050. The van der Waals surface area contributed by atoms with Crippen molar-refractivity contribution in [2.75, 3.05) is 4.90 Å². The van der Waals surface area contributed by atoms with Crippen molar-refractivity contribution in [3.05, 3.63) is 88.1 Å². The molecule has 1 N–H and O–H groups in total. The summed E-state index contributed by atoms with van der Waals surface area (Å²) in [5, 5.41) is 4.81. The molecule has 3 aromatic rings. The van der Waals surface area contributed by atoms with Crippen molar-refractivity contribution in [1.29, 1.82) is 0 Å². The highest BCUT2D eigenvalue weighted by atomic mass is 32.1. The van der Waals surface area contributed by atoms with Crippen LogP contribution in [-0.4, -0.2) is 17.9 Å². The van der Waals surface area contributed by atoms with Crippen LogP contribution in [0.3, 0.4) is 0 Å². The molecule has 1 aliphatic rings. The number of halogens is 2. The molecule has 1 fully saturated rings. The van der Waals surface area contributed by atoms with E-state index in [0.29, 0.717) is 10.4 Å². The maximum atomic E-state index is 14.1. The van der Waals surface area contributed by atoms with Gasteiger partial charge in [0.2, 0.25) is 5.91 Å². The summed E-state index contributed by atoms with van der Waals surface area (Å²) >= 11 is 1.24. The van der Waals surface area contributed by atoms with E-state index in [1.165, 1.54) is 58.7 Å². The zero-order valence-corrected chi connectivity index (χ0v) is 17.6. The second kappa shape index (κ2) is 9.39. The van der Waals surface area contributed by atoms with Crippen LogP contribution in [0.1, 0.15) is 47.0 Å². The highest BCUT2D eigenvalue weighted by Gasteiger charge is 2.35. The average molecular weight is 441 g/mol. The zero-order chi connectivity index (χ0) is 21.8. The molecule has 0 aliphatic heterocycles. The van der Waals surface area contributed by atoms with E-state index in [-0.39, 0.29) is 17.6 Å². The second-order valence-electron chi connectivity index (χ2n) is 7.58. The van der Waals surface area contributed by atoms with Gasteiger partial charge < -0.3 is 5.32 Å². The second-order valence-corrected chi connectivity index (χ2v) is 8.52. The SMILES string of the molecule is O=C(NC1CCCC1)C(c1ccc(F)cc1)N(C(=O)c1cccs1)c1cccc(F)c1. The summed E-state index contributed by atoms with van der Waals surface area (Å²) in [6.45, 7) is 0. The third kappa shape index (κ3) is 4.82. The van der Waals surface area contributed by atoms with Crippen LogP contribution in [-0.2, 0) is 4.79 Å². The summed E-state index contributed by atoms with van der Waals surface area (Å²) in [5.41, 5.74) is 0.709. The summed E-state index contributed by atoms with van der Waals surface area (Å²) in [7, 11) is 0. The van der Waals surface area contributed by atoms with Crippen LogP contribution in [0.5, 0.6) is 0 Å². The maximum Gasteiger partial charge on any atom is 0.269 e. The fourth-order valence-electron chi connectivity index (χ4n) is 3.94. The number of anilines is 1. The molecule has 0 radical (unpaired) electrons. The lowest BCUT2D eigenvalue weighted by Crippen LogP contribution is -2.46. The van der Waals surface area contributed by atoms with Crippen molar-refractivity contribution in [1.82, 2.24) is 5.32 Å². The van der Waals surface area contributed by atoms with E-state index in [4.69, 9.17) is 0 Å². The lowest BCUT2D eigenvalue weighted by atomic mass is 10.0. The fourth-order valence-corrected chi connectivity index (χ4v) is 4.60. The van der Waals surface area contributed by atoms with Crippen molar-refractivity contribution in [2.24, 2.45) is 0 Å². The minimum atomic E-state index is -1.07. The van der Waals surface area contributed by atoms with Gasteiger partial charge in [-0.25, -0.2) is 8.78 Å². The van der Waals surface area contributed by atoms with Gasteiger partial charge in [0, 0.05) is 11.7 Å². The lowest BCUT2D eigenvalue weighted by molar-refractivity contribution is -0.123. The molecule has 1 heterocycles. The largest absolute Gasteiger partial charge is 0.351 e. The first-order valence-electron chi connectivity index (χ1n) is 10.2. The van der Waals surface area contributed by atoms with Crippen molar-refractivity contribution in [3.63, 3.8) is 0 Å². The molecular weight excluding hydrogens is 418 g/mol. The number of carbonyl (C=O) groups excluding carboxylic acids is 2. The molecular formula is C24H22F2N2O2S. The highest BCUT2D eigenvalue weighted by Crippen LogP contribution is 2.32. The van der Waals surface area contributed by atoms with E-state index in [1.807, 2.05) is 0 Å². The Morgan fingerprint density at radius 3 is 2.35 bits per heavy atom. The van der Waals surface area contributed by atoms with Gasteiger partial charge in [-0.3, -0.25) is 14.5 Å². The molecule has 0 saturated heterocycles. The van der Waals surface area contributed by atoms with E-state index in [9.17, 15) is 18.4 Å². The average Bonchev–Trinajstić information content (AvgIpc) is 3.46. The van der Waals surface area contributed by atoms with Gasteiger partial charge in [0.1, 0.15) is 17.7 Å². The Labute approximate surface area is 183 Å². The van der Waals surface area contributed by atoms with E-state index in [1.54, 1.807) is 23.6 Å². The fraction of sp³-hybridized carbons (Fsp3) is 0.250. The van der Waals surface area contributed by atoms with Crippen molar-refractivity contribution < 1.29 is 18.4 Å². The first kappa shape index (κ1) is 21.2. The Morgan fingerprint density at radius 1 is 0.968 bits per heavy atom. The third-order valence-corrected chi connectivity index (χ3v) is 6.29. The molecule has 2 aromatic carbocycles. The molecule has 4 rings (SSSR count). The van der Waals surface area contributed by atoms with Gasteiger partial charge in [-0.1, -0.05) is 37.1 Å². The molecule has 1 atom stereocenters. The Kier molecular flexibility index (Phi) is 6.42. The summed E-state index contributed by atoms with van der Waals surface area (Å²) < 4.78 is 27.7. The molecule has 1 saturated carbocycles. The van der Waals surface area contributed by atoms with Crippen LogP contribution < -0.4 is 10.2 Å². The van der Waals surface area contributed by atoms with Crippen LogP contribution in [0.2, 0.25) is 0 Å². The van der Waals surface area contributed by atoms with Crippen LogP contribution >= 0.6 is 11.3 Å². The smallest absolute Gasteiger partial charge is 0.269 e. The summed E-state index contributed by atoms with van der Waals surface area (Å²) in [5.74, 6) is -1.75. The maximum absolute atomic E-state index is 14.1. The van der Waals surface area contributed by atoms with Crippen LogP contribution in [0.25, 0.3) is 0 Å². The highest BCUT2D eigenvalue weighted by molar-refractivity contribution is 7.12. The minimum Gasteiger partial charge on any atom is -0.351 e.